The van der Waals surface area contributed by atoms with Crippen LogP contribution in [0.4, 0.5) is 4.39 Å². The van der Waals surface area contributed by atoms with Crippen molar-refractivity contribution in [2.75, 3.05) is 39.0 Å². The molecule has 2 heterocycles. The molecule has 156 valence electrons. The number of sulfonamides is 2. The van der Waals surface area contributed by atoms with E-state index >= 15 is 0 Å². The molecular formula is C17H24FN3O5S2. The summed E-state index contributed by atoms with van der Waals surface area (Å²) in [4.78, 5) is 14.0. The monoisotopic (exact) mass is 433 g/mol. The summed E-state index contributed by atoms with van der Waals surface area (Å²) in [5, 5.41) is 0. The van der Waals surface area contributed by atoms with Crippen LogP contribution in [0.15, 0.2) is 29.2 Å². The quantitative estimate of drug-likeness (QED) is 0.688. The number of halogens is 1. The zero-order valence-electron chi connectivity index (χ0n) is 15.6. The average Bonchev–Trinajstić information content (AvgIpc) is 2.67. The summed E-state index contributed by atoms with van der Waals surface area (Å²) in [5.41, 5.74) is 0. The van der Waals surface area contributed by atoms with Crippen LogP contribution in [-0.2, 0) is 24.8 Å². The molecule has 2 aliphatic rings. The van der Waals surface area contributed by atoms with Crippen molar-refractivity contribution in [3.8, 4) is 0 Å². The maximum atomic E-state index is 13.9. The van der Waals surface area contributed by atoms with Gasteiger partial charge in [-0.1, -0.05) is 18.6 Å². The van der Waals surface area contributed by atoms with Crippen molar-refractivity contribution in [3.05, 3.63) is 30.1 Å². The molecule has 28 heavy (non-hydrogen) atoms. The molecule has 2 aliphatic heterocycles. The van der Waals surface area contributed by atoms with Gasteiger partial charge in [-0.2, -0.15) is 8.61 Å². The van der Waals surface area contributed by atoms with Gasteiger partial charge in [0.1, 0.15) is 16.8 Å². The minimum atomic E-state index is -3.99. The summed E-state index contributed by atoms with van der Waals surface area (Å²) in [6.07, 6.45) is 3.03. The number of amides is 1. The minimum absolute atomic E-state index is 0.0357. The lowest BCUT2D eigenvalue weighted by molar-refractivity contribution is -0.137. The normalized spacial score (nSPS) is 22.9. The van der Waals surface area contributed by atoms with Crippen LogP contribution in [0.25, 0.3) is 0 Å². The van der Waals surface area contributed by atoms with Crippen molar-refractivity contribution < 1.29 is 26.0 Å². The molecule has 0 saturated carbocycles. The van der Waals surface area contributed by atoms with Crippen molar-refractivity contribution in [3.63, 3.8) is 0 Å². The Balaban J connectivity index is 1.70. The third-order valence-electron chi connectivity index (χ3n) is 5.17. The van der Waals surface area contributed by atoms with Crippen molar-refractivity contribution in [1.29, 1.82) is 0 Å². The van der Waals surface area contributed by atoms with Gasteiger partial charge in [0.05, 0.1) is 6.26 Å². The van der Waals surface area contributed by atoms with Gasteiger partial charge in [-0.15, -0.1) is 0 Å². The molecule has 3 rings (SSSR count). The summed E-state index contributed by atoms with van der Waals surface area (Å²) >= 11 is 0. The molecule has 2 saturated heterocycles. The fourth-order valence-electron chi connectivity index (χ4n) is 3.70. The summed E-state index contributed by atoms with van der Waals surface area (Å²) < 4.78 is 65.6. The number of rotatable bonds is 4. The van der Waals surface area contributed by atoms with Crippen LogP contribution in [0, 0.1) is 5.82 Å². The molecule has 0 bridgehead atoms. The van der Waals surface area contributed by atoms with Crippen LogP contribution < -0.4 is 0 Å². The number of nitrogens with zero attached hydrogens (tertiary/aromatic N) is 3. The van der Waals surface area contributed by atoms with Gasteiger partial charge in [-0.3, -0.25) is 4.79 Å². The van der Waals surface area contributed by atoms with E-state index in [0.29, 0.717) is 19.4 Å². The second-order valence-electron chi connectivity index (χ2n) is 7.05. The standard InChI is InChI=1S/C17H24FN3O5S2/c1-27(23,24)21-9-5-4-7-15(21)17(22)19-10-12-20(13-11-19)28(25,26)16-8-3-2-6-14(16)18/h2-3,6,8,15H,4-5,7,9-13H2,1H3. The van der Waals surface area contributed by atoms with Gasteiger partial charge >= 0.3 is 0 Å². The number of hydrogen-bond acceptors (Lipinski definition) is 5. The van der Waals surface area contributed by atoms with Crippen LogP contribution in [0.2, 0.25) is 0 Å². The molecule has 1 atom stereocenters. The smallest absolute Gasteiger partial charge is 0.246 e. The third-order valence-corrected chi connectivity index (χ3v) is 8.39. The highest BCUT2D eigenvalue weighted by atomic mass is 32.2. The SMILES string of the molecule is CS(=O)(=O)N1CCCCC1C(=O)N1CCN(S(=O)(=O)c2ccccc2F)CC1. The lowest BCUT2D eigenvalue weighted by atomic mass is 10.0. The molecule has 1 unspecified atom stereocenters. The molecule has 1 amide bonds. The van der Waals surface area contributed by atoms with Crippen LogP contribution >= 0.6 is 0 Å². The molecule has 0 aromatic heterocycles. The zero-order chi connectivity index (χ0) is 20.5. The predicted octanol–water partition coefficient (Wildman–Crippen LogP) is 0.473. The summed E-state index contributed by atoms with van der Waals surface area (Å²) in [5.74, 6) is -1.11. The van der Waals surface area contributed by atoms with E-state index in [4.69, 9.17) is 0 Å². The molecule has 8 nitrogen and oxygen atoms in total. The zero-order valence-corrected chi connectivity index (χ0v) is 17.3. The number of carbonyl (C=O) groups excluding carboxylic acids is 1. The lowest BCUT2D eigenvalue weighted by Crippen LogP contribution is -2.57. The van der Waals surface area contributed by atoms with Crippen LogP contribution in [0.3, 0.4) is 0 Å². The number of piperazine rings is 1. The highest BCUT2D eigenvalue weighted by molar-refractivity contribution is 7.89. The Labute approximate surface area is 165 Å². The number of hydrogen-bond donors (Lipinski definition) is 0. The van der Waals surface area contributed by atoms with E-state index in [-0.39, 0.29) is 37.0 Å². The predicted molar refractivity (Wildman–Crippen MR) is 101 cm³/mol. The molecule has 0 N–H and O–H groups in total. The van der Waals surface area contributed by atoms with E-state index < -0.39 is 31.9 Å². The first kappa shape index (κ1) is 21.2. The van der Waals surface area contributed by atoms with Crippen LogP contribution in [0.5, 0.6) is 0 Å². The maximum absolute atomic E-state index is 13.9. The molecule has 11 heteroatoms. The maximum Gasteiger partial charge on any atom is 0.246 e. The van der Waals surface area contributed by atoms with Crippen molar-refractivity contribution in [1.82, 2.24) is 13.5 Å². The average molecular weight is 434 g/mol. The van der Waals surface area contributed by atoms with Crippen molar-refractivity contribution in [2.45, 2.75) is 30.2 Å². The summed E-state index contributed by atoms with van der Waals surface area (Å²) in [6.45, 7) is 0.667. The Morgan fingerprint density at radius 3 is 2.25 bits per heavy atom. The van der Waals surface area contributed by atoms with Gasteiger partial charge in [0.15, 0.2) is 0 Å². The Bertz CT molecular complexity index is 943. The van der Waals surface area contributed by atoms with Gasteiger partial charge in [0.2, 0.25) is 26.0 Å². The van der Waals surface area contributed by atoms with Crippen molar-refractivity contribution in [2.24, 2.45) is 0 Å². The van der Waals surface area contributed by atoms with Gasteiger partial charge in [-0.05, 0) is 25.0 Å². The lowest BCUT2D eigenvalue weighted by Gasteiger charge is -2.39. The Morgan fingerprint density at radius 2 is 1.64 bits per heavy atom. The first-order chi connectivity index (χ1) is 13.1. The molecular weight excluding hydrogens is 409 g/mol. The second kappa shape index (κ2) is 8.05. The first-order valence-corrected chi connectivity index (χ1v) is 12.4. The van der Waals surface area contributed by atoms with Gasteiger partial charge in [0.25, 0.3) is 0 Å². The molecule has 1 aromatic carbocycles. The molecule has 0 aliphatic carbocycles. The molecule has 0 radical (unpaired) electrons. The molecule has 1 aromatic rings. The summed E-state index contributed by atoms with van der Waals surface area (Å²) in [6, 6.07) is 4.45. The second-order valence-corrected chi connectivity index (χ2v) is 10.9. The fraction of sp³-hybridized carbons (Fsp3) is 0.588. The molecule has 2 fully saturated rings. The highest BCUT2D eigenvalue weighted by Crippen LogP contribution is 2.24. The first-order valence-electron chi connectivity index (χ1n) is 9.12. The third kappa shape index (κ3) is 4.22. The van der Waals surface area contributed by atoms with Crippen LogP contribution in [-0.4, -0.2) is 81.3 Å². The number of benzene rings is 1. The van der Waals surface area contributed by atoms with E-state index in [0.717, 1.165) is 23.0 Å². The summed E-state index contributed by atoms with van der Waals surface area (Å²) in [7, 11) is -7.48. The highest BCUT2D eigenvalue weighted by Gasteiger charge is 2.39. The topological polar surface area (TPSA) is 95.1 Å². The van der Waals surface area contributed by atoms with E-state index in [2.05, 4.69) is 0 Å². The number of piperidine rings is 1. The van der Waals surface area contributed by atoms with E-state index in [1.54, 1.807) is 0 Å². The number of carbonyl (C=O) groups is 1. The fourth-order valence-corrected chi connectivity index (χ4v) is 6.31. The Kier molecular flexibility index (Phi) is 6.08. The van der Waals surface area contributed by atoms with Gasteiger partial charge in [0, 0.05) is 32.7 Å². The Morgan fingerprint density at radius 1 is 1.00 bits per heavy atom. The van der Waals surface area contributed by atoms with Gasteiger partial charge < -0.3 is 4.90 Å². The van der Waals surface area contributed by atoms with E-state index in [9.17, 15) is 26.0 Å². The Hall–Kier alpha value is -1.56. The molecule has 0 spiro atoms. The minimum Gasteiger partial charge on any atom is -0.339 e. The van der Waals surface area contributed by atoms with Crippen molar-refractivity contribution >= 4 is 26.0 Å². The van der Waals surface area contributed by atoms with Gasteiger partial charge in [-0.25, -0.2) is 21.2 Å². The van der Waals surface area contributed by atoms with E-state index in [1.165, 1.54) is 27.4 Å². The largest absolute Gasteiger partial charge is 0.339 e. The van der Waals surface area contributed by atoms with Crippen LogP contribution in [0.1, 0.15) is 19.3 Å². The van der Waals surface area contributed by atoms with E-state index in [1.807, 2.05) is 0 Å².